The van der Waals surface area contributed by atoms with Gasteiger partial charge in [0.1, 0.15) is 5.56 Å². The number of esters is 1. The summed E-state index contributed by atoms with van der Waals surface area (Å²) in [7, 11) is 1.21. The number of carbonyl (C=O) groups excluding carboxylic acids is 1. The highest BCUT2D eigenvalue weighted by Crippen LogP contribution is 2.32. The molecule has 0 spiro atoms. The van der Waals surface area contributed by atoms with Gasteiger partial charge in [-0.25, -0.2) is 4.79 Å². The van der Waals surface area contributed by atoms with Gasteiger partial charge in [-0.3, -0.25) is 10.1 Å². The van der Waals surface area contributed by atoms with Crippen LogP contribution < -0.4 is 10.6 Å². The summed E-state index contributed by atoms with van der Waals surface area (Å²) in [5, 5.41) is 18.2. The number of para-hydroxylation sites is 2. The second-order valence-corrected chi connectivity index (χ2v) is 6.53. The van der Waals surface area contributed by atoms with Crippen molar-refractivity contribution in [1.82, 2.24) is 5.32 Å². The molecular formula is C20H23N3O4. The van der Waals surface area contributed by atoms with Gasteiger partial charge in [-0.2, -0.15) is 0 Å². The summed E-state index contributed by atoms with van der Waals surface area (Å²) in [4.78, 5) is 22.9. The van der Waals surface area contributed by atoms with E-state index >= 15 is 0 Å². The van der Waals surface area contributed by atoms with Gasteiger partial charge in [0, 0.05) is 17.8 Å². The first-order chi connectivity index (χ1) is 13.1. The Morgan fingerprint density at radius 3 is 2.67 bits per heavy atom. The van der Waals surface area contributed by atoms with Crippen LogP contribution in [0, 0.1) is 10.1 Å². The van der Waals surface area contributed by atoms with Crippen LogP contribution in [0.4, 0.5) is 11.4 Å². The number of ether oxygens (including phenoxy) is 1. The molecule has 1 fully saturated rings. The molecule has 0 saturated carbocycles. The molecule has 0 radical (unpaired) electrons. The number of piperidine rings is 1. The fourth-order valence-electron chi connectivity index (χ4n) is 3.56. The zero-order valence-electron chi connectivity index (χ0n) is 15.2. The number of nitrogens with one attached hydrogen (secondary N) is 2. The van der Waals surface area contributed by atoms with E-state index in [4.69, 9.17) is 0 Å². The van der Waals surface area contributed by atoms with Crippen LogP contribution in [0.5, 0.6) is 0 Å². The number of hydrogen-bond acceptors (Lipinski definition) is 6. The second kappa shape index (κ2) is 8.64. The first-order valence-corrected chi connectivity index (χ1v) is 9.00. The standard InChI is InChI=1S/C20H23N3O4/c1-27-20(24)17-7-4-5-15(19(17)23(25)26)13-22-18-8-3-2-6-16(18)14-9-11-21-12-10-14/h2-8,14,21-22H,9-13H2,1H3. The Hall–Kier alpha value is -2.93. The van der Waals surface area contributed by atoms with Crippen molar-refractivity contribution < 1.29 is 14.5 Å². The Bertz CT molecular complexity index is 832. The topological polar surface area (TPSA) is 93.5 Å². The maximum Gasteiger partial charge on any atom is 0.344 e. The molecular weight excluding hydrogens is 346 g/mol. The summed E-state index contributed by atoms with van der Waals surface area (Å²) in [6.07, 6.45) is 2.13. The number of nitro benzene ring substituents is 1. The molecule has 0 aliphatic carbocycles. The van der Waals surface area contributed by atoms with E-state index in [9.17, 15) is 14.9 Å². The number of carbonyl (C=O) groups is 1. The summed E-state index contributed by atoms with van der Waals surface area (Å²) in [5.41, 5.74) is 2.40. The number of anilines is 1. The first kappa shape index (κ1) is 18.8. The molecule has 1 saturated heterocycles. The molecule has 1 aliphatic rings. The largest absolute Gasteiger partial charge is 0.465 e. The monoisotopic (exact) mass is 369 g/mol. The van der Waals surface area contributed by atoms with Crippen molar-refractivity contribution in [1.29, 1.82) is 0 Å². The summed E-state index contributed by atoms with van der Waals surface area (Å²) < 4.78 is 4.67. The maximum absolute atomic E-state index is 11.9. The lowest BCUT2D eigenvalue weighted by atomic mass is 9.89. The Morgan fingerprint density at radius 1 is 1.22 bits per heavy atom. The van der Waals surface area contributed by atoms with Crippen LogP contribution in [0.25, 0.3) is 0 Å². The van der Waals surface area contributed by atoms with E-state index in [1.165, 1.54) is 18.7 Å². The molecule has 7 nitrogen and oxygen atoms in total. The van der Waals surface area contributed by atoms with Gasteiger partial charge in [0.05, 0.1) is 12.0 Å². The Labute approximate surface area is 157 Å². The zero-order valence-corrected chi connectivity index (χ0v) is 15.2. The van der Waals surface area contributed by atoms with Crippen LogP contribution in [0.2, 0.25) is 0 Å². The molecule has 27 heavy (non-hydrogen) atoms. The van der Waals surface area contributed by atoms with Crippen molar-refractivity contribution >= 4 is 17.3 Å². The lowest BCUT2D eigenvalue weighted by molar-refractivity contribution is -0.385. The zero-order chi connectivity index (χ0) is 19.2. The van der Waals surface area contributed by atoms with Crippen molar-refractivity contribution in [3.8, 4) is 0 Å². The second-order valence-electron chi connectivity index (χ2n) is 6.53. The van der Waals surface area contributed by atoms with Crippen molar-refractivity contribution in [2.75, 3.05) is 25.5 Å². The van der Waals surface area contributed by atoms with Crippen molar-refractivity contribution in [3.05, 3.63) is 69.3 Å². The molecule has 2 N–H and O–H groups in total. The number of methoxy groups -OCH3 is 1. The van der Waals surface area contributed by atoms with Crippen molar-refractivity contribution in [2.24, 2.45) is 0 Å². The molecule has 7 heteroatoms. The minimum absolute atomic E-state index is 0.0339. The summed E-state index contributed by atoms with van der Waals surface area (Å²) in [6.45, 7) is 2.24. The van der Waals surface area contributed by atoms with E-state index < -0.39 is 10.9 Å². The average Bonchev–Trinajstić information content (AvgIpc) is 2.72. The van der Waals surface area contributed by atoms with E-state index in [1.807, 2.05) is 18.2 Å². The minimum atomic E-state index is -0.710. The van der Waals surface area contributed by atoms with Crippen LogP contribution in [0.1, 0.15) is 40.2 Å². The molecule has 0 amide bonds. The molecule has 2 aromatic rings. The first-order valence-electron chi connectivity index (χ1n) is 9.00. The van der Waals surface area contributed by atoms with E-state index in [2.05, 4.69) is 21.4 Å². The van der Waals surface area contributed by atoms with Gasteiger partial charge in [-0.05, 0) is 49.5 Å². The number of benzene rings is 2. The lowest BCUT2D eigenvalue weighted by Crippen LogP contribution is -2.27. The van der Waals surface area contributed by atoms with Gasteiger partial charge >= 0.3 is 5.97 Å². The van der Waals surface area contributed by atoms with Crippen LogP contribution >= 0.6 is 0 Å². The molecule has 1 heterocycles. The minimum Gasteiger partial charge on any atom is -0.465 e. The van der Waals surface area contributed by atoms with Gasteiger partial charge < -0.3 is 15.4 Å². The SMILES string of the molecule is COC(=O)c1cccc(CNc2ccccc2C2CCNCC2)c1[N+](=O)[O-]. The Morgan fingerprint density at radius 2 is 1.96 bits per heavy atom. The fraction of sp³-hybridized carbons (Fsp3) is 0.350. The summed E-state index contributed by atoms with van der Waals surface area (Å²) in [6, 6.07) is 12.8. The smallest absolute Gasteiger partial charge is 0.344 e. The van der Waals surface area contributed by atoms with Crippen molar-refractivity contribution in [3.63, 3.8) is 0 Å². The number of hydrogen-bond donors (Lipinski definition) is 2. The molecule has 1 aliphatic heterocycles. The number of nitro groups is 1. The van der Waals surface area contributed by atoms with E-state index in [1.54, 1.807) is 12.1 Å². The highest BCUT2D eigenvalue weighted by atomic mass is 16.6. The van der Waals surface area contributed by atoms with Gasteiger partial charge in [0.2, 0.25) is 0 Å². The van der Waals surface area contributed by atoms with Gasteiger partial charge in [0.15, 0.2) is 0 Å². The van der Waals surface area contributed by atoms with Gasteiger partial charge in [-0.15, -0.1) is 0 Å². The molecule has 0 aromatic heterocycles. The highest BCUT2D eigenvalue weighted by molar-refractivity contribution is 5.94. The fourth-order valence-corrected chi connectivity index (χ4v) is 3.56. The maximum atomic E-state index is 11.9. The number of rotatable bonds is 6. The highest BCUT2D eigenvalue weighted by Gasteiger charge is 2.25. The van der Waals surface area contributed by atoms with E-state index in [0.717, 1.165) is 31.6 Å². The lowest BCUT2D eigenvalue weighted by Gasteiger charge is -2.25. The number of nitrogens with zero attached hydrogens (tertiary/aromatic N) is 1. The van der Waals surface area contributed by atoms with E-state index in [0.29, 0.717) is 11.5 Å². The molecule has 0 bridgehead atoms. The predicted octanol–water partition coefficient (Wildman–Crippen LogP) is 3.46. The Kier molecular flexibility index (Phi) is 6.03. The molecule has 0 atom stereocenters. The summed E-state index contributed by atoms with van der Waals surface area (Å²) in [5.74, 6) is -0.245. The third-order valence-corrected chi connectivity index (χ3v) is 4.92. The molecule has 3 rings (SSSR count). The normalized spacial score (nSPS) is 14.6. The Balaban J connectivity index is 1.85. The summed E-state index contributed by atoms with van der Waals surface area (Å²) >= 11 is 0. The third kappa shape index (κ3) is 4.25. The molecule has 2 aromatic carbocycles. The van der Waals surface area contributed by atoms with Crippen LogP contribution in [-0.2, 0) is 11.3 Å². The van der Waals surface area contributed by atoms with Crippen LogP contribution in [0.3, 0.4) is 0 Å². The molecule has 0 unspecified atom stereocenters. The molecule has 142 valence electrons. The van der Waals surface area contributed by atoms with E-state index in [-0.39, 0.29) is 17.8 Å². The third-order valence-electron chi connectivity index (χ3n) is 4.92. The average molecular weight is 369 g/mol. The van der Waals surface area contributed by atoms with Crippen LogP contribution in [-0.4, -0.2) is 31.1 Å². The van der Waals surface area contributed by atoms with Crippen LogP contribution in [0.15, 0.2) is 42.5 Å². The van der Waals surface area contributed by atoms with Gasteiger partial charge in [0.25, 0.3) is 5.69 Å². The van der Waals surface area contributed by atoms with Crippen molar-refractivity contribution in [2.45, 2.75) is 25.3 Å². The van der Waals surface area contributed by atoms with Gasteiger partial charge in [-0.1, -0.05) is 30.3 Å². The quantitative estimate of drug-likeness (QED) is 0.460. The predicted molar refractivity (Wildman–Crippen MR) is 103 cm³/mol.